The van der Waals surface area contributed by atoms with Crippen LogP contribution in [0.2, 0.25) is 0 Å². The van der Waals surface area contributed by atoms with Crippen LogP contribution in [0.3, 0.4) is 0 Å². The van der Waals surface area contributed by atoms with Gasteiger partial charge in [0.25, 0.3) is 5.91 Å². The molecule has 0 saturated carbocycles. The molecule has 4 N–H and O–H groups in total. The molecule has 6 heteroatoms. The van der Waals surface area contributed by atoms with Crippen LogP contribution in [0.4, 0.5) is 10.1 Å². The minimum atomic E-state index is -0.695. The maximum Gasteiger partial charge on any atom is 0.252 e. The van der Waals surface area contributed by atoms with Gasteiger partial charge in [0.2, 0.25) is 0 Å². The smallest absolute Gasteiger partial charge is 0.252 e. The first kappa shape index (κ1) is 13.4. The van der Waals surface area contributed by atoms with Gasteiger partial charge in [0, 0.05) is 10.2 Å². The number of hydrogen-bond donors (Lipinski definition) is 2. The van der Waals surface area contributed by atoms with Gasteiger partial charge in [-0.3, -0.25) is 4.79 Å². The lowest BCUT2D eigenvalue weighted by molar-refractivity contribution is 0.0998. The maximum absolute atomic E-state index is 13.7. The number of ether oxygens (including phenoxy) is 1. The molecular formula is C13H10BrFN2O2. The number of carbonyl (C=O) groups is 1. The van der Waals surface area contributed by atoms with Crippen LogP contribution >= 0.6 is 15.9 Å². The van der Waals surface area contributed by atoms with Crippen LogP contribution in [0.15, 0.2) is 40.9 Å². The third-order valence-electron chi connectivity index (χ3n) is 2.38. The summed E-state index contributed by atoms with van der Waals surface area (Å²) in [7, 11) is 0. The molecule has 2 aromatic rings. The highest BCUT2D eigenvalue weighted by atomic mass is 79.9. The molecule has 0 spiro atoms. The van der Waals surface area contributed by atoms with Gasteiger partial charge in [-0.25, -0.2) is 4.39 Å². The minimum absolute atomic E-state index is 0.00419. The standard InChI is InChI=1S/C13H10BrFN2O2/c14-7-1-3-12(10(15)5-7)19-11-4-2-8(16)6-9(11)13(17)18/h1-6H,16H2,(H2,17,18). The summed E-state index contributed by atoms with van der Waals surface area (Å²) >= 11 is 3.14. The van der Waals surface area contributed by atoms with Crippen molar-refractivity contribution >= 4 is 27.5 Å². The van der Waals surface area contributed by atoms with Gasteiger partial charge in [0.05, 0.1) is 5.56 Å². The van der Waals surface area contributed by atoms with Crippen molar-refractivity contribution < 1.29 is 13.9 Å². The summed E-state index contributed by atoms with van der Waals surface area (Å²) in [5.41, 5.74) is 11.3. The number of nitrogens with two attached hydrogens (primary N) is 2. The molecule has 2 rings (SSSR count). The van der Waals surface area contributed by atoms with E-state index in [-0.39, 0.29) is 17.1 Å². The summed E-state index contributed by atoms with van der Waals surface area (Å²) in [4.78, 5) is 11.3. The molecule has 0 aliphatic rings. The second-order valence-corrected chi connectivity index (χ2v) is 4.71. The highest BCUT2D eigenvalue weighted by Gasteiger charge is 2.13. The monoisotopic (exact) mass is 324 g/mol. The quantitative estimate of drug-likeness (QED) is 0.851. The van der Waals surface area contributed by atoms with Gasteiger partial charge >= 0.3 is 0 Å². The van der Waals surface area contributed by atoms with Gasteiger partial charge in [-0.15, -0.1) is 0 Å². The van der Waals surface area contributed by atoms with E-state index in [1.807, 2.05) is 0 Å². The van der Waals surface area contributed by atoms with E-state index in [4.69, 9.17) is 16.2 Å². The van der Waals surface area contributed by atoms with Crippen LogP contribution in [-0.4, -0.2) is 5.91 Å². The number of primary amides is 1. The van der Waals surface area contributed by atoms with E-state index in [1.165, 1.54) is 24.3 Å². The summed E-state index contributed by atoms with van der Waals surface area (Å²) in [6.45, 7) is 0. The SMILES string of the molecule is NC(=O)c1cc(N)ccc1Oc1ccc(Br)cc1F. The Hall–Kier alpha value is -2.08. The normalized spacial score (nSPS) is 10.2. The zero-order valence-electron chi connectivity index (χ0n) is 9.69. The molecule has 19 heavy (non-hydrogen) atoms. The molecule has 0 radical (unpaired) electrons. The molecule has 98 valence electrons. The number of carbonyl (C=O) groups excluding carboxylic acids is 1. The lowest BCUT2D eigenvalue weighted by Crippen LogP contribution is -2.12. The van der Waals surface area contributed by atoms with Crippen molar-refractivity contribution in [2.24, 2.45) is 5.73 Å². The average Bonchev–Trinajstić information content (AvgIpc) is 2.34. The third-order valence-corrected chi connectivity index (χ3v) is 2.88. The third kappa shape index (κ3) is 3.03. The first-order valence-corrected chi connectivity index (χ1v) is 6.09. The fourth-order valence-electron chi connectivity index (χ4n) is 1.51. The highest BCUT2D eigenvalue weighted by molar-refractivity contribution is 9.10. The highest BCUT2D eigenvalue weighted by Crippen LogP contribution is 2.30. The molecule has 0 unspecified atom stereocenters. The first-order valence-electron chi connectivity index (χ1n) is 5.29. The Morgan fingerprint density at radius 2 is 1.84 bits per heavy atom. The molecule has 0 aliphatic heterocycles. The second-order valence-electron chi connectivity index (χ2n) is 3.80. The Kier molecular flexibility index (Phi) is 3.71. The van der Waals surface area contributed by atoms with E-state index >= 15 is 0 Å². The molecule has 0 fully saturated rings. The molecule has 0 heterocycles. The molecule has 2 aromatic carbocycles. The van der Waals surface area contributed by atoms with Crippen LogP contribution in [0.1, 0.15) is 10.4 Å². The van der Waals surface area contributed by atoms with Gasteiger partial charge in [-0.05, 0) is 36.4 Å². The Bertz CT molecular complexity index is 647. The van der Waals surface area contributed by atoms with Crippen molar-refractivity contribution in [3.63, 3.8) is 0 Å². The fraction of sp³-hybridized carbons (Fsp3) is 0. The van der Waals surface area contributed by atoms with E-state index in [9.17, 15) is 9.18 Å². The molecular weight excluding hydrogens is 315 g/mol. The second kappa shape index (κ2) is 5.27. The van der Waals surface area contributed by atoms with Crippen LogP contribution in [-0.2, 0) is 0 Å². The van der Waals surface area contributed by atoms with E-state index < -0.39 is 11.7 Å². The summed E-state index contributed by atoms with van der Waals surface area (Å²) in [5.74, 6) is -1.10. The number of nitrogen functional groups attached to an aromatic ring is 1. The number of rotatable bonds is 3. The molecule has 0 bridgehead atoms. The van der Waals surface area contributed by atoms with Crippen molar-refractivity contribution in [1.29, 1.82) is 0 Å². The molecule has 0 aromatic heterocycles. The van der Waals surface area contributed by atoms with Gasteiger partial charge in [-0.2, -0.15) is 0 Å². The van der Waals surface area contributed by atoms with Crippen LogP contribution in [0.5, 0.6) is 11.5 Å². The summed E-state index contributed by atoms with van der Waals surface area (Å²) in [5, 5.41) is 0. The van der Waals surface area contributed by atoms with Gasteiger partial charge in [-0.1, -0.05) is 15.9 Å². The summed E-state index contributed by atoms with van der Waals surface area (Å²) in [6, 6.07) is 8.72. The number of hydrogen-bond acceptors (Lipinski definition) is 3. The zero-order valence-corrected chi connectivity index (χ0v) is 11.3. The van der Waals surface area contributed by atoms with E-state index in [2.05, 4.69) is 15.9 Å². The van der Waals surface area contributed by atoms with Crippen LogP contribution in [0.25, 0.3) is 0 Å². The predicted molar refractivity (Wildman–Crippen MR) is 73.5 cm³/mol. The Labute approximate surface area is 117 Å². The van der Waals surface area contributed by atoms with Crippen LogP contribution in [0, 0.1) is 5.82 Å². The molecule has 0 aliphatic carbocycles. The van der Waals surface area contributed by atoms with Crippen molar-refractivity contribution in [1.82, 2.24) is 0 Å². The van der Waals surface area contributed by atoms with Gasteiger partial charge < -0.3 is 16.2 Å². The zero-order chi connectivity index (χ0) is 14.0. The number of amides is 1. The van der Waals surface area contributed by atoms with Gasteiger partial charge in [0.15, 0.2) is 11.6 Å². The molecule has 4 nitrogen and oxygen atoms in total. The average molecular weight is 325 g/mol. The fourth-order valence-corrected chi connectivity index (χ4v) is 1.84. The molecule has 0 saturated heterocycles. The lowest BCUT2D eigenvalue weighted by atomic mass is 10.1. The summed E-state index contributed by atoms with van der Waals surface area (Å²) < 4.78 is 19.6. The minimum Gasteiger partial charge on any atom is -0.453 e. The Balaban J connectivity index is 2.40. The van der Waals surface area contributed by atoms with Crippen molar-refractivity contribution in [2.75, 3.05) is 5.73 Å². The van der Waals surface area contributed by atoms with E-state index in [1.54, 1.807) is 12.1 Å². The maximum atomic E-state index is 13.7. The molecule has 1 amide bonds. The lowest BCUT2D eigenvalue weighted by Gasteiger charge is -2.10. The number of benzene rings is 2. The van der Waals surface area contributed by atoms with Gasteiger partial charge in [0.1, 0.15) is 5.75 Å². The Morgan fingerprint density at radius 3 is 2.47 bits per heavy atom. The summed E-state index contributed by atoms with van der Waals surface area (Å²) in [6.07, 6.45) is 0. The van der Waals surface area contributed by atoms with Crippen molar-refractivity contribution in [3.05, 3.63) is 52.3 Å². The van der Waals surface area contributed by atoms with Crippen LogP contribution < -0.4 is 16.2 Å². The number of halogens is 2. The van der Waals surface area contributed by atoms with E-state index in [0.717, 1.165) is 0 Å². The number of anilines is 1. The topological polar surface area (TPSA) is 78.3 Å². The largest absolute Gasteiger partial charge is 0.453 e. The molecule has 0 atom stereocenters. The van der Waals surface area contributed by atoms with E-state index in [0.29, 0.717) is 10.2 Å². The Morgan fingerprint density at radius 1 is 1.16 bits per heavy atom. The van der Waals surface area contributed by atoms with Crippen molar-refractivity contribution in [3.8, 4) is 11.5 Å². The first-order chi connectivity index (χ1) is 8.97. The predicted octanol–water partition coefficient (Wildman–Crippen LogP) is 3.06. The van der Waals surface area contributed by atoms with Crippen molar-refractivity contribution in [2.45, 2.75) is 0 Å².